The lowest BCUT2D eigenvalue weighted by molar-refractivity contribution is -0.142. The zero-order chi connectivity index (χ0) is 18.7. The van der Waals surface area contributed by atoms with Gasteiger partial charge in [0, 0.05) is 19.1 Å². The van der Waals surface area contributed by atoms with Crippen molar-refractivity contribution in [2.24, 2.45) is 0 Å². The second-order valence-electron chi connectivity index (χ2n) is 7.57. The zero-order valence-electron chi connectivity index (χ0n) is 15.5. The molecule has 2 aliphatic rings. The van der Waals surface area contributed by atoms with Gasteiger partial charge in [-0.25, -0.2) is 4.79 Å². The number of carbonyl (C=O) groups is 2. The van der Waals surface area contributed by atoms with E-state index in [4.69, 9.17) is 14.2 Å². The molecule has 7 nitrogen and oxygen atoms in total. The average Bonchev–Trinajstić information content (AvgIpc) is 3.06. The summed E-state index contributed by atoms with van der Waals surface area (Å²) in [6.45, 7) is 6.66. The molecule has 26 heavy (non-hydrogen) atoms. The Morgan fingerprint density at radius 3 is 2.73 bits per heavy atom. The minimum Gasteiger partial charge on any atom is -0.485 e. The SMILES string of the molecule is CC(C)(C)OC(=O)NC[C@H]1CCCN1C(=O)[C@@H]1COc2ccccc2O1. The lowest BCUT2D eigenvalue weighted by Gasteiger charge is -2.32. The monoisotopic (exact) mass is 362 g/mol. The number of nitrogens with zero attached hydrogens (tertiary/aromatic N) is 1. The van der Waals surface area contributed by atoms with Crippen LogP contribution in [0.1, 0.15) is 33.6 Å². The Balaban J connectivity index is 1.56. The molecule has 0 radical (unpaired) electrons. The van der Waals surface area contributed by atoms with Gasteiger partial charge in [-0.15, -0.1) is 0 Å². The summed E-state index contributed by atoms with van der Waals surface area (Å²) in [7, 11) is 0. The molecule has 2 aliphatic heterocycles. The van der Waals surface area contributed by atoms with Gasteiger partial charge in [-0.1, -0.05) is 12.1 Å². The van der Waals surface area contributed by atoms with Crippen molar-refractivity contribution < 1.29 is 23.8 Å². The molecule has 7 heteroatoms. The third-order valence-electron chi connectivity index (χ3n) is 4.33. The summed E-state index contributed by atoms with van der Waals surface area (Å²) < 4.78 is 16.7. The van der Waals surface area contributed by atoms with Crippen LogP contribution in [0, 0.1) is 0 Å². The average molecular weight is 362 g/mol. The molecule has 2 atom stereocenters. The van der Waals surface area contributed by atoms with Crippen molar-refractivity contribution in [3.05, 3.63) is 24.3 Å². The number of rotatable bonds is 3. The molecule has 0 saturated carbocycles. The van der Waals surface area contributed by atoms with Crippen molar-refractivity contribution >= 4 is 12.0 Å². The van der Waals surface area contributed by atoms with E-state index in [0.29, 0.717) is 24.6 Å². The van der Waals surface area contributed by atoms with Gasteiger partial charge >= 0.3 is 6.09 Å². The smallest absolute Gasteiger partial charge is 0.407 e. The fraction of sp³-hybridized carbons (Fsp3) is 0.579. The molecule has 1 N–H and O–H groups in total. The maximum Gasteiger partial charge on any atom is 0.407 e. The first kappa shape index (κ1) is 18.4. The molecule has 1 aromatic rings. The van der Waals surface area contributed by atoms with E-state index in [0.717, 1.165) is 12.8 Å². The molecule has 3 rings (SSSR count). The molecule has 2 heterocycles. The molecule has 1 aromatic carbocycles. The van der Waals surface area contributed by atoms with Gasteiger partial charge in [0.1, 0.15) is 12.2 Å². The molecule has 0 aliphatic carbocycles. The Morgan fingerprint density at radius 1 is 1.27 bits per heavy atom. The van der Waals surface area contributed by atoms with Crippen LogP contribution in [0.5, 0.6) is 11.5 Å². The number of amides is 2. The van der Waals surface area contributed by atoms with Crippen LogP contribution >= 0.6 is 0 Å². The normalized spacial score (nSPS) is 22.0. The van der Waals surface area contributed by atoms with Crippen LogP contribution < -0.4 is 14.8 Å². The van der Waals surface area contributed by atoms with E-state index < -0.39 is 17.8 Å². The van der Waals surface area contributed by atoms with Crippen molar-refractivity contribution in [2.45, 2.75) is 51.4 Å². The summed E-state index contributed by atoms with van der Waals surface area (Å²) >= 11 is 0. The summed E-state index contributed by atoms with van der Waals surface area (Å²) in [5, 5.41) is 2.76. The Kier molecular flexibility index (Phi) is 5.25. The first-order chi connectivity index (χ1) is 12.3. The Bertz CT molecular complexity index is 670. The minimum atomic E-state index is -0.660. The predicted octanol–water partition coefficient (Wildman–Crippen LogP) is 2.34. The quantitative estimate of drug-likeness (QED) is 0.893. The second-order valence-corrected chi connectivity index (χ2v) is 7.57. The number of likely N-dealkylation sites (tertiary alicyclic amines) is 1. The molecule has 1 fully saturated rings. The number of benzene rings is 1. The van der Waals surface area contributed by atoms with E-state index in [2.05, 4.69) is 5.32 Å². The van der Waals surface area contributed by atoms with Crippen LogP contribution in [-0.4, -0.2) is 54.3 Å². The van der Waals surface area contributed by atoms with Crippen molar-refractivity contribution in [1.29, 1.82) is 0 Å². The molecular formula is C19H26N2O5. The molecule has 0 unspecified atom stereocenters. The summed E-state index contributed by atoms with van der Waals surface area (Å²) in [6.07, 6.45) is 0.609. The predicted molar refractivity (Wildman–Crippen MR) is 95.3 cm³/mol. The number of ether oxygens (including phenoxy) is 3. The molecule has 2 amide bonds. The molecule has 0 bridgehead atoms. The minimum absolute atomic E-state index is 0.0595. The van der Waals surface area contributed by atoms with E-state index in [1.54, 1.807) is 11.0 Å². The standard InChI is InChI=1S/C19H26N2O5/c1-19(2,3)26-18(23)20-11-13-7-6-10-21(13)17(22)16-12-24-14-8-4-5-9-15(14)25-16/h4-5,8-9,13,16H,6-7,10-12H2,1-3H3,(H,20,23)/t13-,16+/m1/s1. The van der Waals surface area contributed by atoms with E-state index in [9.17, 15) is 9.59 Å². The van der Waals surface area contributed by atoms with E-state index >= 15 is 0 Å². The zero-order valence-corrected chi connectivity index (χ0v) is 15.5. The number of hydrogen-bond acceptors (Lipinski definition) is 5. The van der Waals surface area contributed by atoms with Crippen molar-refractivity contribution in [1.82, 2.24) is 10.2 Å². The Hall–Kier alpha value is -2.44. The Labute approximate surface area is 153 Å². The highest BCUT2D eigenvalue weighted by Gasteiger charge is 2.36. The fourth-order valence-corrected chi connectivity index (χ4v) is 3.18. The van der Waals surface area contributed by atoms with Gasteiger partial charge in [0.25, 0.3) is 5.91 Å². The molecule has 0 aromatic heterocycles. The van der Waals surface area contributed by atoms with Gasteiger partial charge in [-0.3, -0.25) is 4.79 Å². The topological polar surface area (TPSA) is 77.1 Å². The molecular weight excluding hydrogens is 336 g/mol. The van der Waals surface area contributed by atoms with Crippen molar-refractivity contribution in [3.63, 3.8) is 0 Å². The van der Waals surface area contributed by atoms with Gasteiger partial charge in [-0.2, -0.15) is 0 Å². The third kappa shape index (κ3) is 4.39. The first-order valence-electron chi connectivity index (χ1n) is 8.99. The summed E-state index contributed by atoms with van der Waals surface area (Å²) in [4.78, 5) is 26.5. The van der Waals surface area contributed by atoms with Crippen LogP contribution in [0.4, 0.5) is 4.79 Å². The van der Waals surface area contributed by atoms with Crippen LogP contribution in [0.3, 0.4) is 0 Å². The highest BCUT2D eigenvalue weighted by Crippen LogP contribution is 2.32. The number of para-hydroxylation sites is 2. The second kappa shape index (κ2) is 7.43. The maximum absolute atomic E-state index is 12.9. The van der Waals surface area contributed by atoms with Gasteiger partial charge in [0.15, 0.2) is 11.5 Å². The number of fused-ring (bicyclic) bond motifs is 1. The summed E-state index contributed by atoms with van der Waals surface area (Å²) in [6, 6.07) is 7.26. The third-order valence-corrected chi connectivity index (χ3v) is 4.33. The van der Waals surface area contributed by atoms with Gasteiger partial charge < -0.3 is 24.4 Å². The molecule has 1 saturated heterocycles. The fourth-order valence-electron chi connectivity index (χ4n) is 3.18. The van der Waals surface area contributed by atoms with Gasteiger partial charge in [0.2, 0.25) is 6.10 Å². The summed E-state index contributed by atoms with van der Waals surface area (Å²) in [5.41, 5.74) is -0.546. The van der Waals surface area contributed by atoms with E-state index in [1.165, 1.54) is 0 Å². The largest absolute Gasteiger partial charge is 0.485 e. The van der Waals surface area contributed by atoms with Gasteiger partial charge in [-0.05, 0) is 45.7 Å². The number of hydrogen-bond donors (Lipinski definition) is 1. The highest BCUT2D eigenvalue weighted by molar-refractivity contribution is 5.82. The van der Waals surface area contributed by atoms with Crippen LogP contribution in [0.2, 0.25) is 0 Å². The molecule has 0 spiro atoms. The number of nitrogens with one attached hydrogen (secondary N) is 1. The maximum atomic E-state index is 12.9. The number of carbonyl (C=O) groups excluding carboxylic acids is 2. The first-order valence-corrected chi connectivity index (χ1v) is 8.99. The van der Waals surface area contributed by atoms with Crippen LogP contribution in [-0.2, 0) is 9.53 Å². The summed E-state index contributed by atoms with van der Waals surface area (Å²) in [5.74, 6) is 1.13. The lowest BCUT2D eigenvalue weighted by atomic mass is 10.2. The van der Waals surface area contributed by atoms with Crippen molar-refractivity contribution in [2.75, 3.05) is 19.7 Å². The Morgan fingerprint density at radius 2 is 2.00 bits per heavy atom. The van der Waals surface area contributed by atoms with Gasteiger partial charge in [0.05, 0.1) is 0 Å². The highest BCUT2D eigenvalue weighted by atomic mass is 16.6. The van der Waals surface area contributed by atoms with Crippen LogP contribution in [0.15, 0.2) is 24.3 Å². The van der Waals surface area contributed by atoms with E-state index in [1.807, 2.05) is 39.0 Å². The molecule has 142 valence electrons. The number of alkyl carbamates (subject to hydrolysis) is 1. The lowest BCUT2D eigenvalue weighted by Crippen LogP contribution is -2.51. The van der Waals surface area contributed by atoms with Crippen LogP contribution in [0.25, 0.3) is 0 Å². The van der Waals surface area contributed by atoms with E-state index in [-0.39, 0.29) is 18.6 Å². The van der Waals surface area contributed by atoms with Crippen molar-refractivity contribution in [3.8, 4) is 11.5 Å².